The van der Waals surface area contributed by atoms with Crippen molar-refractivity contribution in [1.29, 1.82) is 10.5 Å². The van der Waals surface area contributed by atoms with Gasteiger partial charge in [0.25, 0.3) is 0 Å². The van der Waals surface area contributed by atoms with Gasteiger partial charge in [-0.2, -0.15) is 10.5 Å². The van der Waals surface area contributed by atoms with Gasteiger partial charge in [-0.05, 0) is 85.4 Å². The number of rotatable bonds is 36. The minimum absolute atomic E-state index is 0.474. The van der Waals surface area contributed by atoms with E-state index >= 15 is 0 Å². The molecule has 0 aliphatic heterocycles. The molecule has 2 aromatic heterocycles. The topological polar surface area (TPSA) is 144 Å². The summed E-state index contributed by atoms with van der Waals surface area (Å²) < 4.78 is 25.2. The number of unbranched alkanes of at least 4 members (excludes halogenated alkanes) is 20. The first-order valence-electron chi connectivity index (χ1n) is 27.0. The van der Waals surface area contributed by atoms with Crippen LogP contribution in [0.4, 0.5) is 0 Å². The molecular weight excluding hydrogens is 869 g/mol. The average molecular weight is 949 g/mol. The molecule has 0 saturated heterocycles. The second-order valence-corrected chi connectivity index (χ2v) is 18.7. The van der Waals surface area contributed by atoms with Crippen LogP contribution in [-0.4, -0.2) is 33.6 Å². The third-order valence-electron chi connectivity index (χ3n) is 12.8. The van der Waals surface area contributed by atoms with Gasteiger partial charge in [-0.25, -0.2) is 0 Å². The zero-order valence-electron chi connectivity index (χ0n) is 43.0. The molecule has 0 atom stereocenters. The molecule has 0 N–H and O–H groups in total. The van der Waals surface area contributed by atoms with Crippen LogP contribution < -0.4 is 9.47 Å². The highest BCUT2D eigenvalue weighted by Crippen LogP contribution is 2.36. The molecule has 5 rings (SSSR count). The summed E-state index contributed by atoms with van der Waals surface area (Å²) in [6, 6.07) is 24.2. The van der Waals surface area contributed by atoms with Crippen LogP contribution in [0.3, 0.4) is 0 Å². The number of allylic oxidation sites excluding steroid dienone is 2. The molecule has 5 aromatic rings. The number of hydrogen-bond acceptors (Lipinski definition) is 10. The molecule has 0 aliphatic rings. The maximum absolute atomic E-state index is 10.6. The Hall–Kier alpha value is -6.00. The van der Waals surface area contributed by atoms with E-state index in [9.17, 15) is 10.5 Å². The van der Waals surface area contributed by atoms with Gasteiger partial charge in [0.05, 0.1) is 36.5 Å². The van der Waals surface area contributed by atoms with E-state index in [1.165, 1.54) is 89.9 Å². The Kier molecular flexibility index (Phi) is 25.7. The summed E-state index contributed by atoms with van der Waals surface area (Å²) >= 11 is 0. The van der Waals surface area contributed by atoms with Gasteiger partial charge >= 0.3 is 0 Å². The van der Waals surface area contributed by atoms with Gasteiger partial charge in [-0.1, -0.05) is 180 Å². The number of benzene rings is 3. The van der Waals surface area contributed by atoms with Crippen LogP contribution in [0.2, 0.25) is 0 Å². The van der Waals surface area contributed by atoms with Gasteiger partial charge in [0.1, 0.15) is 11.5 Å². The molecule has 3 aromatic carbocycles. The summed E-state index contributed by atoms with van der Waals surface area (Å²) in [5.74, 6) is 3.51. The summed E-state index contributed by atoms with van der Waals surface area (Å²) in [4.78, 5) is 0. The maximum Gasteiger partial charge on any atom is 0.247 e. The molecule has 0 unspecified atom stereocenters. The maximum atomic E-state index is 10.6. The Morgan fingerprint density at radius 1 is 0.443 bits per heavy atom. The highest BCUT2D eigenvalue weighted by atomic mass is 16.5. The van der Waals surface area contributed by atoms with E-state index in [1.807, 2.05) is 72.8 Å². The minimum atomic E-state index is 0.474. The molecular formula is C60H80N6O4. The normalized spacial score (nSPS) is 11.7. The molecule has 0 saturated carbocycles. The predicted octanol–water partition coefficient (Wildman–Crippen LogP) is 17.2. The second kappa shape index (κ2) is 32.7. The number of aromatic nitrogens is 4. The van der Waals surface area contributed by atoms with E-state index in [0.717, 1.165) is 110 Å². The quantitative estimate of drug-likeness (QED) is 0.0216. The lowest BCUT2D eigenvalue weighted by Crippen LogP contribution is -2.03. The summed E-state index contributed by atoms with van der Waals surface area (Å²) in [7, 11) is 0. The first-order valence-corrected chi connectivity index (χ1v) is 27.0. The number of aryl methyl sites for hydroxylation is 2. The first-order chi connectivity index (χ1) is 34.5. The number of nitriles is 2. The number of ether oxygens (including phenoxy) is 2. The van der Waals surface area contributed by atoms with Gasteiger partial charge in [0.15, 0.2) is 0 Å². The lowest BCUT2D eigenvalue weighted by atomic mass is 9.98. The fourth-order valence-corrected chi connectivity index (χ4v) is 8.51. The van der Waals surface area contributed by atoms with Gasteiger partial charge in [0.2, 0.25) is 23.6 Å². The standard InChI is InChI=1S/C60H80N6O4/c1-5-9-13-17-19-21-25-29-57-63-65-59(69-57)49-35-31-47(32-36-49)53(45-61)41-51-43-56(68-40-28-24-16-12-8-4)52(44-55(51)67-39-27-23-15-11-7-3)42-54(46-62)48-33-37-50(38-34-48)60-66-64-58(70-60)30-26-22-20-18-14-10-6-2/h31-38,41-44H,5-30,39-40H2,1-4H3/b53-41+,54-42+. The summed E-state index contributed by atoms with van der Waals surface area (Å²) in [5.41, 5.74) is 5.52. The molecule has 0 bridgehead atoms. The SMILES string of the molecule is CCCCCCCCCc1nnc(-c2ccc(/C(C#N)=C/c3cc(OCCCCCCC)c(/C=C(\C#N)c4ccc(-c5nnc(CCCCCCCCC)o5)cc4)cc3OCCCCCCC)cc2)o1. The monoisotopic (exact) mass is 949 g/mol. The Labute approximate surface area is 420 Å². The first kappa shape index (κ1) is 54.9. The van der Waals surface area contributed by atoms with Gasteiger partial charge in [0, 0.05) is 35.1 Å². The highest BCUT2D eigenvalue weighted by Gasteiger charge is 2.16. The van der Waals surface area contributed by atoms with Gasteiger partial charge < -0.3 is 18.3 Å². The summed E-state index contributed by atoms with van der Waals surface area (Å²) in [5, 5.41) is 38.5. The third-order valence-corrected chi connectivity index (χ3v) is 12.8. The summed E-state index contributed by atoms with van der Waals surface area (Å²) in [6.07, 6.45) is 33.4. The van der Waals surface area contributed by atoms with Crippen molar-refractivity contribution in [3.8, 4) is 46.5 Å². The van der Waals surface area contributed by atoms with E-state index in [-0.39, 0.29) is 0 Å². The molecule has 0 aliphatic carbocycles. The van der Waals surface area contributed by atoms with Crippen LogP contribution in [0.25, 0.3) is 46.2 Å². The van der Waals surface area contributed by atoms with E-state index in [1.54, 1.807) is 0 Å². The van der Waals surface area contributed by atoms with Crippen molar-refractivity contribution in [3.05, 3.63) is 94.7 Å². The van der Waals surface area contributed by atoms with E-state index in [2.05, 4.69) is 60.2 Å². The predicted molar refractivity (Wildman–Crippen MR) is 285 cm³/mol. The van der Waals surface area contributed by atoms with E-state index in [4.69, 9.17) is 18.3 Å². The second-order valence-electron chi connectivity index (χ2n) is 18.7. The Balaban J connectivity index is 1.39. The van der Waals surface area contributed by atoms with Crippen molar-refractivity contribution in [1.82, 2.24) is 20.4 Å². The third kappa shape index (κ3) is 19.1. The van der Waals surface area contributed by atoms with Crippen molar-refractivity contribution in [2.75, 3.05) is 13.2 Å². The number of hydrogen-bond donors (Lipinski definition) is 0. The van der Waals surface area contributed by atoms with Crippen LogP contribution in [-0.2, 0) is 12.8 Å². The van der Waals surface area contributed by atoms with E-state index < -0.39 is 0 Å². The Bertz CT molecular complexity index is 2210. The fourth-order valence-electron chi connectivity index (χ4n) is 8.51. The molecule has 0 amide bonds. The van der Waals surface area contributed by atoms with Crippen LogP contribution in [0, 0.1) is 22.7 Å². The summed E-state index contributed by atoms with van der Waals surface area (Å²) in [6.45, 7) is 9.96. The van der Waals surface area contributed by atoms with Crippen LogP contribution >= 0.6 is 0 Å². The van der Waals surface area contributed by atoms with Crippen LogP contribution in [0.15, 0.2) is 69.5 Å². The molecule has 70 heavy (non-hydrogen) atoms. The van der Waals surface area contributed by atoms with Gasteiger partial charge in [-0.15, -0.1) is 20.4 Å². The van der Waals surface area contributed by atoms with Crippen molar-refractivity contribution >= 4 is 23.3 Å². The fraction of sp³-hybridized carbons (Fsp3) is 0.533. The van der Waals surface area contributed by atoms with Crippen molar-refractivity contribution in [2.24, 2.45) is 0 Å². The molecule has 0 radical (unpaired) electrons. The molecule has 10 nitrogen and oxygen atoms in total. The largest absolute Gasteiger partial charge is 0.493 e. The van der Waals surface area contributed by atoms with E-state index in [0.29, 0.717) is 59.4 Å². The lowest BCUT2D eigenvalue weighted by Gasteiger charge is -2.16. The van der Waals surface area contributed by atoms with Crippen LogP contribution in [0.1, 0.15) is 216 Å². The smallest absolute Gasteiger partial charge is 0.247 e. The molecule has 0 spiro atoms. The van der Waals surface area contributed by atoms with Gasteiger partial charge in [-0.3, -0.25) is 0 Å². The molecule has 374 valence electrons. The molecule has 10 heteroatoms. The van der Waals surface area contributed by atoms with Crippen molar-refractivity contribution < 1.29 is 18.3 Å². The lowest BCUT2D eigenvalue weighted by molar-refractivity contribution is 0.295. The number of nitrogens with zero attached hydrogens (tertiary/aromatic N) is 6. The Morgan fingerprint density at radius 2 is 0.771 bits per heavy atom. The zero-order chi connectivity index (χ0) is 49.4. The Morgan fingerprint density at radius 3 is 1.11 bits per heavy atom. The van der Waals surface area contributed by atoms with Crippen LogP contribution in [0.5, 0.6) is 11.5 Å². The molecule has 2 heterocycles. The molecule has 0 fully saturated rings. The minimum Gasteiger partial charge on any atom is -0.493 e. The van der Waals surface area contributed by atoms with Crippen molar-refractivity contribution in [2.45, 2.75) is 195 Å². The average Bonchev–Trinajstić information content (AvgIpc) is 4.08. The highest BCUT2D eigenvalue weighted by molar-refractivity contribution is 5.94. The van der Waals surface area contributed by atoms with Crippen molar-refractivity contribution in [3.63, 3.8) is 0 Å². The zero-order valence-corrected chi connectivity index (χ0v) is 43.0.